The minimum Gasteiger partial charge on any atom is -0.364 e. The van der Waals surface area contributed by atoms with E-state index >= 15 is 0 Å². The van der Waals surface area contributed by atoms with E-state index in [-0.39, 0.29) is 30.5 Å². The van der Waals surface area contributed by atoms with E-state index < -0.39 is 0 Å². The maximum Gasteiger partial charge on any atom is 0.253 e. The fraction of sp³-hybridized carbons (Fsp3) is 0.471. The molecule has 0 aliphatic carbocycles. The Labute approximate surface area is 142 Å². The minimum absolute atomic E-state index is 0. The molecule has 2 aromatic rings. The number of carbonyl (C=O) groups excluding carboxylic acids is 1. The molecule has 0 saturated carbocycles. The molecule has 1 fully saturated rings. The van der Waals surface area contributed by atoms with Gasteiger partial charge in [0.05, 0.1) is 11.6 Å². The van der Waals surface area contributed by atoms with Crippen molar-refractivity contribution >= 4 is 34.9 Å². The number of anilines is 1. The summed E-state index contributed by atoms with van der Waals surface area (Å²) in [7, 11) is 0. The van der Waals surface area contributed by atoms with Crippen LogP contribution in [0.1, 0.15) is 26.2 Å². The number of carbonyl (C=O) groups is 1. The van der Waals surface area contributed by atoms with Crippen molar-refractivity contribution in [3.05, 3.63) is 30.5 Å². The van der Waals surface area contributed by atoms with E-state index in [1.54, 1.807) is 0 Å². The number of fused-ring (bicyclic) bond motifs is 1. The van der Waals surface area contributed by atoms with Crippen LogP contribution in [0.25, 0.3) is 10.9 Å². The highest BCUT2D eigenvalue weighted by Gasteiger charge is 2.29. The van der Waals surface area contributed by atoms with E-state index in [4.69, 9.17) is 10.5 Å². The number of benzene rings is 1. The minimum atomic E-state index is -0.383. The van der Waals surface area contributed by atoms with Crippen molar-refractivity contribution in [1.82, 2.24) is 4.57 Å². The number of ether oxygens (including phenoxy) is 1. The van der Waals surface area contributed by atoms with Gasteiger partial charge in [0.25, 0.3) is 5.91 Å². The Morgan fingerprint density at radius 2 is 2.22 bits per heavy atom. The predicted octanol–water partition coefficient (Wildman–Crippen LogP) is 2.92. The van der Waals surface area contributed by atoms with E-state index in [1.165, 1.54) is 5.39 Å². The number of nitrogens with two attached hydrogens (primary N) is 1. The molecule has 3 N–H and O–H groups in total. The van der Waals surface area contributed by atoms with Crippen LogP contribution in [-0.4, -0.2) is 29.2 Å². The SMILES string of the molecule is CCCn1ccc2ccc(NC(=O)[C@@H]3CC[C@H](CN)O3)cc21.Cl. The lowest BCUT2D eigenvalue weighted by Gasteiger charge is -2.13. The van der Waals surface area contributed by atoms with E-state index in [9.17, 15) is 4.79 Å². The Balaban J connectivity index is 0.00000192. The average Bonchev–Trinajstić information content (AvgIpc) is 3.15. The van der Waals surface area contributed by atoms with Gasteiger partial charge in [-0.05, 0) is 42.8 Å². The molecule has 1 saturated heterocycles. The van der Waals surface area contributed by atoms with E-state index in [0.717, 1.165) is 37.0 Å². The number of hydrogen-bond acceptors (Lipinski definition) is 3. The molecule has 2 atom stereocenters. The fourth-order valence-electron chi connectivity index (χ4n) is 2.99. The van der Waals surface area contributed by atoms with E-state index in [1.807, 2.05) is 18.2 Å². The molecule has 2 heterocycles. The summed E-state index contributed by atoms with van der Waals surface area (Å²) in [5.41, 5.74) is 7.54. The van der Waals surface area contributed by atoms with Crippen LogP contribution in [-0.2, 0) is 16.1 Å². The number of nitrogens with zero attached hydrogens (tertiary/aromatic N) is 1. The number of aromatic nitrogens is 1. The summed E-state index contributed by atoms with van der Waals surface area (Å²) in [6.45, 7) is 3.61. The standard InChI is InChI=1S/C17H23N3O2.ClH/c1-2-8-20-9-7-12-3-4-13(10-15(12)20)19-17(21)16-6-5-14(11-18)22-16;/h3-4,7,9-10,14,16H,2,5-6,8,11,18H2,1H3,(H,19,21);1H/t14-,16+;/m1./s1. The average molecular weight is 338 g/mol. The number of hydrogen-bond donors (Lipinski definition) is 2. The van der Waals surface area contributed by atoms with Crippen LogP contribution >= 0.6 is 12.4 Å². The molecule has 0 bridgehead atoms. The second-order valence-electron chi connectivity index (χ2n) is 5.83. The van der Waals surface area contributed by atoms with Crippen molar-refractivity contribution in [1.29, 1.82) is 0 Å². The quantitative estimate of drug-likeness (QED) is 0.881. The van der Waals surface area contributed by atoms with Gasteiger partial charge in [-0.1, -0.05) is 13.0 Å². The van der Waals surface area contributed by atoms with Crippen LogP contribution in [0, 0.1) is 0 Å². The van der Waals surface area contributed by atoms with Crippen molar-refractivity contribution in [2.24, 2.45) is 5.73 Å². The largest absolute Gasteiger partial charge is 0.364 e. The normalized spacial score (nSPS) is 20.4. The van der Waals surface area contributed by atoms with Crippen molar-refractivity contribution < 1.29 is 9.53 Å². The Hall–Kier alpha value is -1.56. The second kappa shape index (κ2) is 7.81. The van der Waals surface area contributed by atoms with Gasteiger partial charge in [-0.15, -0.1) is 12.4 Å². The summed E-state index contributed by atoms with van der Waals surface area (Å²) < 4.78 is 7.85. The van der Waals surface area contributed by atoms with Crippen LogP contribution in [0.4, 0.5) is 5.69 Å². The van der Waals surface area contributed by atoms with E-state index in [2.05, 4.69) is 29.1 Å². The molecule has 1 aliphatic rings. The molecule has 3 rings (SSSR count). The number of aryl methyl sites for hydroxylation is 1. The highest BCUT2D eigenvalue weighted by molar-refractivity contribution is 5.96. The smallest absolute Gasteiger partial charge is 0.253 e. The van der Waals surface area contributed by atoms with Gasteiger partial charge in [-0.25, -0.2) is 0 Å². The fourth-order valence-corrected chi connectivity index (χ4v) is 2.99. The lowest BCUT2D eigenvalue weighted by molar-refractivity contribution is -0.126. The van der Waals surface area contributed by atoms with Crippen molar-refractivity contribution in [2.45, 2.75) is 44.9 Å². The third-order valence-electron chi connectivity index (χ3n) is 4.17. The first kappa shape index (κ1) is 17.8. The first-order valence-electron chi connectivity index (χ1n) is 7.96. The third-order valence-corrected chi connectivity index (χ3v) is 4.17. The highest BCUT2D eigenvalue weighted by Crippen LogP contribution is 2.23. The zero-order valence-electron chi connectivity index (χ0n) is 13.3. The zero-order valence-corrected chi connectivity index (χ0v) is 14.1. The zero-order chi connectivity index (χ0) is 15.5. The molecular weight excluding hydrogens is 314 g/mol. The summed E-state index contributed by atoms with van der Waals surface area (Å²) in [6.07, 6.45) is 4.39. The topological polar surface area (TPSA) is 69.3 Å². The summed E-state index contributed by atoms with van der Waals surface area (Å²) in [6, 6.07) is 8.10. The lowest BCUT2D eigenvalue weighted by atomic mass is 10.2. The molecular formula is C17H24ClN3O2. The monoisotopic (exact) mass is 337 g/mol. The molecule has 5 nitrogen and oxygen atoms in total. The van der Waals surface area contributed by atoms with Gasteiger partial charge in [-0.3, -0.25) is 4.79 Å². The van der Waals surface area contributed by atoms with E-state index in [0.29, 0.717) is 6.54 Å². The molecule has 0 spiro atoms. The van der Waals surface area contributed by atoms with Crippen LogP contribution in [0.15, 0.2) is 30.5 Å². The number of nitrogens with one attached hydrogen (secondary N) is 1. The summed E-state index contributed by atoms with van der Waals surface area (Å²) >= 11 is 0. The number of rotatable bonds is 5. The second-order valence-corrected chi connectivity index (χ2v) is 5.83. The van der Waals surface area contributed by atoms with Crippen LogP contribution < -0.4 is 11.1 Å². The van der Waals surface area contributed by atoms with Crippen LogP contribution in [0.2, 0.25) is 0 Å². The molecule has 1 aromatic heterocycles. The van der Waals surface area contributed by atoms with Crippen LogP contribution in [0.3, 0.4) is 0 Å². The Bertz CT molecular complexity index is 671. The first-order valence-corrected chi connectivity index (χ1v) is 7.96. The number of halogens is 1. The molecule has 1 amide bonds. The van der Waals surface area contributed by atoms with Crippen molar-refractivity contribution in [3.8, 4) is 0 Å². The first-order chi connectivity index (χ1) is 10.7. The predicted molar refractivity (Wildman–Crippen MR) is 95.1 cm³/mol. The van der Waals surface area contributed by atoms with Gasteiger partial charge in [0, 0.05) is 25.0 Å². The van der Waals surface area contributed by atoms with Crippen molar-refractivity contribution in [3.63, 3.8) is 0 Å². The van der Waals surface area contributed by atoms with Gasteiger partial charge in [0.2, 0.25) is 0 Å². The molecule has 126 valence electrons. The Morgan fingerprint density at radius 1 is 1.39 bits per heavy atom. The molecule has 6 heteroatoms. The van der Waals surface area contributed by atoms with Gasteiger partial charge in [0.1, 0.15) is 6.10 Å². The molecule has 1 aromatic carbocycles. The van der Waals surface area contributed by atoms with Gasteiger partial charge in [0.15, 0.2) is 0 Å². The summed E-state index contributed by atoms with van der Waals surface area (Å²) in [5, 5.41) is 4.15. The lowest BCUT2D eigenvalue weighted by Crippen LogP contribution is -2.29. The van der Waals surface area contributed by atoms with Gasteiger partial charge < -0.3 is 20.4 Å². The molecule has 1 aliphatic heterocycles. The summed E-state index contributed by atoms with van der Waals surface area (Å²) in [5.74, 6) is -0.0797. The third kappa shape index (κ3) is 3.86. The highest BCUT2D eigenvalue weighted by atomic mass is 35.5. The van der Waals surface area contributed by atoms with Crippen LogP contribution in [0.5, 0.6) is 0 Å². The summed E-state index contributed by atoms with van der Waals surface area (Å²) in [4.78, 5) is 12.3. The van der Waals surface area contributed by atoms with Crippen molar-refractivity contribution in [2.75, 3.05) is 11.9 Å². The molecule has 0 radical (unpaired) electrons. The van der Waals surface area contributed by atoms with Gasteiger partial charge >= 0.3 is 0 Å². The molecule has 23 heavy (non-hydrogen) atoms. The maximum atomic E-state index is 12.3. The Morgan fingerprint density at radius 3 is 2.91 bits per heavy atom. The van der Waals surface area contributed by atoms with Gasteiger partial charge in [-0.2, -0.15) is 0 Å². The number of amides is 1. The maximum absolute atomic E-state index is 12.3. The Kier molecular flexibility index (Phi) is 6.04. The molecule has 0 unspecified atom stereocenters.